The first-order chi connectivity index (χ1) is 4.00. The number of hydrogen-bond donors (Lipinski definition) is 3. The number of likely N-dealkylation sites (N-methyl/N-ethyl adjacent to an activating group) is 1. The third-order valence-corrected chi connectivity index (χ3v) is 1.02. The van der Waals surface area contributed by atoms with Gasteiger partial charge in [-0.05, 0) is 19.0 Å². The molecule has 0 radical (unpaired) electrons. The van der Waals surface area contributed by atoms with Crippen LogP contribution in [0.15, 0.2) is 12.2 Å². The summed E-state index contributed by atoms with van der Waals surface area (Å²) in [6.07, 6.45) is 0. The normalized spacial score (nSPS) is 11.6. The third kappa shape index (κ3) is 2.60. The monoisotopic (exact) mass is 131 g/mol. The minimum absolute atomic E-state index is 0.296. The summed E-state index contributed by atoms with van der Waals surface area (Å²) in [5.41, 5.74) is 0.296. The van der Waals surface area contributed by atoms with Crippen molar-refractivity contribution in [3.63, 3.8) is 0 Å². The summed E-state index contributed by atoms with van der Waals surface area (Å²) in [4.78, 5) is 0. The van der Waals surface area contributed by atoms with Crippen molar-refractivity contribution >= 4 is 0 Å². The lowest BCUT2D eigenvalue weighted by molar-refractivity contribution is -0.151. The fourth-order valence-corrected chi connectivity index (χ4v) is 0.397. The highest BCUT2D eigenvalue weighted by molar-refractivity contribution is 5.00. The van der Waals surface area contributed by atoms with Crippen LogP contribution in [0.25, 0.3) is 0 Å². The fraction of sp³-hybridized carbons (Fsp3) is 0.667. The average Bonchev–Trinajstić information content (AvgIpc) is 1.65. The molecule has 0 saturated heterocycles. The highest BCUT2D eigenvalue weighted by atomic mass is 16.5. The fourth-order valence-electron chi connectivity index (χ4n) is 0.397. The van der Waals surface area contributed by atoms with Gasteiger partial charge in [0.15, 0.2) is 0 Å². The molecule has 3 heteroatoms. The molecule has 0 aromatic heterocycles. The van der Waals surface area contributed by atoms with Gasteiger partial charge in [-0.25, -0.2) is 0 Å². The Kier molecular flexibility index (Phi) is 2.84. The highest BCUT2D eigenvalue weighted by Gasteiger charge is 2.21. The summed E-state index contributed by atoms with van der Waals surface area (Å²) in [5.74, 6) is -1.89. The molecule has 0 aliphatic carbocycles. The Hall–Kier alpha value is -0.380. The summed E-state index contributed by atoms with van der Waals surface area (Å²) in [6, 6.07) is 0. The topological polar surface area (TPSA) is 52.5 Å². The van der Waals surface area contributed by atoms with E-state index in [0.29, 0.717) is 12.1 Å². The largest absolute Gasteiger partial charge is 0.350 e. The van der Waals surface area contributed by atoms with Crippen LogP contribution in [0, 0.1) is 0 Å². The maximum Gasteiger partial charge on any atom is 0.245 e. The molecule has 0 atom stereocenters. The van der Waals surface area contributed by atoms with Crippen molar-refractivity contribution in [2.75, 3.05) is 6.54 Å². The van der Waals surface area contributed by atoms with E-state index in [0.717, 1.165) is 0 Å². The second-order valence-corrected chi connectivity index (χ2v) is 1.98. The molecule has 0 saturated carbocycles. The van der Waals surface area contributed by atoms with Gasteiger partial charge >= 0.3 is 0 Å². The van der Waals surface area contributed by atoms with Gasteiger partial charge in [0, 0.05) is 0 Å². The van der Waals surface area contributed by atoms with Crippen LogP contribution in [0.5, 0.6) is 0 Å². The quantitative estimate of drug-likeness (QED) is 0.367. The molecule has 9 heavy (non-hydrogen) atoms. The van der Waals surface area contributed by atoms with E-state index in [1.54, 1.807) is 13.8 Å². The van der Waals surface area contributed by atoms with Gasteiger partial charge in [-0.3, -0.25) is 5.32 Å². The van der Waals surface area contributed by atoms with Crippen molar-refractivity contribution in [3.05, 3.63) is 12.2 Å². The Morgan fingerprint density at radius 1 is 1.67 bits per heavy atom. The minimum Gasteiger partial charge on any atom is -0.350 e. The van der Waals surface area contributed by atoms with Gasteiger partial charge in [0.25, 0.3) is 0 Å². The Morgan fingerprint density at radius 2 is 2.11 bits per heavy atom. The van der Waals surface area contributed by atoms with Crippen LogP contribution in [0.2, 0.25) is 0 Å². The molecule has 0 fully saturated rings. The second kappa shape index (κ2) is 2.96. The van der Waals surface area contributed by atoms with Crippen molar-refractivity contribution in [2.24, 2.45) is 0 Å². The van der Waals surface area contributed by atoms with Crippen LogP contribution in [0.3, 0.4) is 0 Å². The van der Waals surface area contributed by atoms with Crippen molar-refractivity contribution < 1.29 is 10.2 Å². The predicted molar refractivity (Wildman–Crippen MR) is 35.7 cm³/mol. The second-order valence-electron chi connectivity index (χ2n) is 1.98. The number of rotatable bonds is 3. The molecule has 3 N–H and O–H groups in total. The van der Waals surface area contributed by atoms with E-state index in [2.05, 4.69) is 11.9 Å². The minimum atomic E-state index is -1.89. The summed E-state index contributed by atoms with van der Waals surface area (Å²) in [6.45, 7) is 7.21. The third-order valence-electron chi connectivity index (χ3n) is 1.02. The molecule has 0 rings (SSSR count). The zero-order valence-corrected chi connectivity index (χ0v) is 5.81. The van der Waals surface area contributed by atoms with E-state index in [9.17, 15) is 0 Å². The number of aliphatic hydroxyl groups is 2. The van der Waals surface area contributed by atoms with Gasteiger partial charge in [-0.1, -0.05) is 13.5 Å². The molecule has 54 valence electrons. The van der Waals surface area contributed by atoms with Crippen LogP contribution < -0.4 is 5.32 Å². The summed E-state index contributed by atoms with van der Waals surface area (Å²) in [7, 11) is 0. The number of hydrogen-bond acceptors (Lipinski definition) is 3. The highest BCUT2D eigenvalue weighted by Crippen LogP contribution is 2.04. The molecule has 0 aromatic carbocycles. The van der Waals surface area contributed by atoms with Gasteiger partial charge in [-0.2, -0.15) is 0 Å². The summed E-state index contributed by atoms with van der Waals surface area (Å²) < 4.78 is 0. The van der Waals surface area contributed by atoms with Crippen LogP contribution in [-0.4, -0.2) is 22.7 Å². The lowest BCUT2D eigenvalue weighted by Crippen LogP contribution is -2.45. The molecule has 0 amide bonds. The zero-order valence-electron chi connectivity index (χ0n) is 5.81. The maximum atomic E-state index is 8.94. The Labute approximate surface area is 55.0 Å². The van der Waals surface area contributed by atoms with E-state index < -0.39 is 5.91 Å². The van der Waals surface area contributed by atoms with Gasteiger partial charge in [0.2, 0.25) is 5.91 Å². The lowest BCUT2D eigenvalue weighted by atomic mass is 10.2. The first-order valence-corrected chi connectivity index (χ1v) is 2.86. The van der Waals surface area contributed by atoms with Crippen molar-refractivity contribution in [1.82, 2.24) is 5.32 Å². The SMILES string of the molecule is C=C(C)C(O)(O)NCC. The summed E-state index contributed by atoms with van der Waals surface area (Å²) >= 11 is 0. The molecule has 0 heterocycles. The van der Waals surface area contributed by atoms with Gasteiger partial charge in [0.1, 0.15) is 0 Å². The molecule has 0 aromatic rings. The van der Waals surface area contributed by atoms with Crippen LogP contribution >= 0.6 is 0 Å². The molecule has 0 unspecified atom stereocenters. The Balaban J connectivity index is 3.85. The smallest absolute Gasteiger partial charge is 0.245 e. The van der Waals surface area contributed by atoms with E-state index >= 15 is 0 Å². The van der Waals surface area contributed by atoms with Crippen LogP contribution in [0.1, 0.15) is 13.8 Å². The van der Waals surface area contributed by atoms with Gasteiger partial charge in [0.05, 0.1) is 0 Å². The predicted octanol–water partition coefficient (Wildman–Crippen LogP) is -0.190. The van der Waals surface area contributed by atoms with Crippen molar-refractivity contribution in [2.45, 2.75) is 19.8 Å². The standard InChI is InChI=1S/C6H13NO2/c1-4-7-6(8,9)5(2)3/h7-9H,2,4H2,1,3H3. The van der Waals surface area contributed by atoms with Crippen molar-refractivity contribution in [1.29, 1.82) is 0 Å². The lowest BCUT2D eigenvalue weighted by Gasteiger charge is -2.21. The molecule has 3 nitrogen and oxygen atoms in total. The zero-order chi connectivity index (χ0) is 7.49. The molecular formula is C6H13NO2. The van der Waals surface area contributed by atoms with E-state index in [1.807, 2.05) is 0 Å². The first-order valence-electron chi connectivity index (χ1n) is 2.86. The average molecular weight is 131 g/mol. The maximum absolute atomic E-state index is 8.94. The van der Waals surface area contributed by atoms with Gasteiger partial charge in [-0.15, -0.1) is 0 Å². The first kappa shape index (κ1) is 8.62. The van der Waals surface area contributed by atoms with E-state index in [4.69, 9.17) is 10.2 Å². The van der Waals surface area contributed by atoms with Crippen LogP contribution in [-0.2, 0) is 0 Å². The molecule has 0 bridgehead atoms. The summed E-state index contributed by atoms with van der Waals surface area (Å²) in [5, 5.41) is 20.3. The molecular weight excluding hydrogens is 118 g/mol. The molecule has 0 aliphatic rings. The molecule has 0 aliphatic heterocycles. The van der Waals surface area contributed by atoms with Crippen LogP contribution in [0.4, 0.5) is 0 Å². The van der Waals surface area contributed by atoms with Gasteiger partial charge < -0.3 is 10.2 Å². The Morgan fingerprint density at radius 3 is 2.22 bits per heavy atom. The van der Waals surface area contributed by atoms with Crippen molar-refractivity contribution in [3.8, 4) is 0 Å². The number of nitrogens with one attached hydrogen (secondary N) is 1. The van der Waals surface area contributed by atoms with E-state index in [-0.39, 0.29) is 0 Å². The Bertz CT molecular complexity index is 110. The van der Waals surface area contributed by atoms with E-state index in [1.165, 1.54) is 0 Å². The molecule has 0 spiro atoms.